The summed E-state index contributed by atoms with van der Waals surface area (Å²) in [5.41, 5.74) is 0. The summed E-state index contributed by atoms with van der Waals surface area (Å²) < 4.78 is 1.78. The van der Waals surface area contributed by atoms with Gasteiger partial charge in [0.15, 0.2) is 0 Å². The molecule has 0 N–H and O–H groups in total. The fourth-order valence-corrected chi connectivity index (χ4v) is 0. The van der Waals surface area contributed by atoms with E-state index in [1.165, 1.54) is 0 Å². The molecule has 0 aliphatic carbocycles. The summed E-state index contributed by atoms with van der Waals surface area (Å²) in [5, 5.41) is 0. The second-order valence-electron chi connectivity index (χ2n) is 0.402. The lowest BCUT2D eigenvalue weighted by molar-refractivity contribution is 1.05. The maximum atomic E-state index is 3.09. The minimum absolute atomic E-state index is 1.78. The van der Waals surface area contributed by atoms with Crippen LogP contribution in [0.4, 0.5) is 0 Å². The number of nitrogens with zero attached hydrogens (tertiary/aromatic N) is 1. The molecule has 0 fully saturated rings. The van der Waals surface area contributed by atoms with Crippen LogP contribution in [0, 0.1) is 0 Å². The van der Waals surface area contributed by atoms with E-state index in [4.69, 9.17) is 0 Å². The van der Waals surface area contributed by atoms with Crippen LogP contribution >= 0.6 is 39.0 Å². The highest BCUT2D eigenvalue weighted by molar-refractivity contribution is 14.1. The smallest absolute Gasteiger partial charge is 0.0318 e. The van der Waals surface area contributed by atoms with E-state index in [-0.39, 0.29) is 0 Å². The number of hydrogen-bond donors (Lipinski definition) is 0. The highest BCUT2D eigenvalue weighted by Gasteiger charge is 1.65. The van der Waals surface area contributed by atoms with Crippen LogP contribution in [0.25, 0.3) is 0 Å². The predicted octanol–water partition coefficient (Wildman–Crippen LogP) is 1.58. The normalized spacial score (nSPS) is 9.00. The van der Waals surface area contributed by atoms with E-state index >= 15 is 0 Å². The van der Waals surface area contributed by atoms with Crippen LogP contribution in [-0.2, 0) is 0 Å². The molecule has 0 aromatic heterocycles. The molecule has 0 aliphatic rings. The summed E-state index contributed by atoms with van der Waals surface area (Å²) in [7, 11) is 1.90. The monoisotopic (exact) mass is 235 g/mol. The van der Waals surface area contributed by atoms with Crippen molar-refractivity contribution in [2.24, 2.45) is 0 Å². The molecule has 0 atom stereocenters. The zero-order valence-electron chi connectivity index (χ0n) is 2.20. The lowest BCUT2D eigenvalue weighted by Crippen LogP contribution is -1.74. The highest BCUT2D eigenvalue weighted by atomic mass is 127. The van der Waals surface area contributed by atoms with E-state index in [2.05, 4.69) is 39.0 Å². The van der Waals surface area contributed by atoms with Crippen molar-refractivity contribution in [1.82, 2.24) is 2.14 Å². The Bertz CT molecular complexity index is 12.8. The Kier molecular flexibility index (Phi) is 3.11. The number of rotatable bonds is 0. The van der Waals surface area contributed by atoms with Crippen molar-refractivity contribution in [3.8, 4) is 0 Å². The number of halogens is 2. The van der Waals surface area contributed by atoms with Gasteiger partial charge in [0.05, 0.1) is 0 Å². The third-order valence-corrected chi connectivity index (χ3v) is 0. The Morgan fingerprint density at radius 3 is 2.00 bits per heavy atom. The molecule has 0 spiro atoms. The van der Waals surface area contributed by atoms with Crippen LogP contribution in [-0.4, -0.2) is 9.19 Å². The Morgan fingerprint density at radius 1 is 2.00 bits per heavy atom. The molecule has 4 heavy (non-hydrogen) atoms. The first-order valence-electron chi connectivity index (χ1n) is 0.785. The summed E-state index contributed by atoms with van der Waals surface area (Å²) in [6, 6.07) is 0. The summed E-state index contributed by atoms with van der Waals surface area (Å²) in [6.07, 6.45) is 0. The van der Waals surface area contributed by atoms with Crippen LogP contribution in [0.1, 0.15) is 0 Å². The molecule has 0 saturated heterocycles. The largest absolute Gasteiger partial charge is 0.186 e. The molecule has 0 saturated carbocycles. The quantitative estimate of drug-likeness (QED) is 0.455. The minimum atomic E-state index is 1.78. The molecule has 0 bridgehead atoms. The zero-order valence-corrected chi connectivity index (χ0v) is 5.95. The SMILES string of the molecule is CN(Br)I. The zero-order chi connectivity index (χ0) is 3.58. The lowest BCUT2D eigenvalue weighted by atomic mass is 11.6. The van der Waals surface area contributed by atoms with Crippen LogP contribution in [0.5, 0.6) is 0 Å². The van der Waals surface area contributed by atoms with Crippen molar-refractivity contribution in [2.75, 3.05) is 7.05 Å². The van der Waals surface area contributed by atoms with E-state index in [9.17, 15) is 0 Å². The van der Waals surface area contributed by atoms with Crippen molar-refractivity contribution in [3.63, 3.8) is 0 Å². The summed E-state index contributed by atoms with van der Waals surface area (Å²) in [5.74, 6) is 0. The van der Waals surface area contributed by atoms with E-state index in [1.807, 2.05) is 7.05 Å². The minimum Gasteiger partial charge on any atom is -0.186 e. The van der Waals surface area contributed by atoms with Gasteiger partial charge < -0.3 is 0 Å². The van der Waals surface area contributed by atoms with Crippen molar-refractivity contribution in [2.45, 2.75) is 0 Å². The van der Waals surface area contributed by atoms with Crippen LogP contribution in [0.15, 0.2) is 0 Å². The molecular formula is CH3BrIN. The summed E-state index contributed by atoms with van der Waals surface area (Å²) in [4.78, 5) is 0. The molecular weight excluding hydrogens is 233 g/mol. The fourth-order valence-electron chi connectivity index (χ4n) is 0. The molecule has 0 rings (SSSR count). The van der Waals surface area contributed by atoms with E-state index in [0.29, 0.717) is 0 Å². The highest BCUT2D eigenvalue weighted by Crippen LogP contribution is 1.97. The van der Waals surface area contributed by atoms with Gasteiger partial charge >= 0.3 is 0 Å². The average Bonchev–Trinajstić information content (AvgIpc) is 0.811. The van der Waals surface area contributed by atoms with Crippen LogP contribution < -0.4 is 0 Å². The second kappa shape index (κ2) is 2.41. The van der Waals surface area contributed by atoms with Gasteiger partial charge in [0.25, 0.3) is 0 Å². The molecule has 0 aromatic carbocycles. The van der Waals surface area contributed by atoms with Crippen molar-refractivity contribution >= 4 is 39.0 Å². The maximum absolute atomic E-state index is 3.09. The van der Waals surface area contributed by atoms with Crippen molar-refractivity contribution < 1.29 is 0 Å². The van der Waals surface area contributed by atoms with Gasteiger partial charge in [-0.15, -0.1) is 0 Å². The van der Waals surface area contributed by atoms with E-state index < -0.39 is 0 Å². The average molecular weight is 236 g/mol. The molecule has 0 aliphatic heterocycles. The third kappa shape index (κ3) is 10.9. The Balaban J connectivity index is 2.32. The Morgan fingerprint density at radius 2 is 2.00 bits per heavy atom. The topological polar surface area (TPSA) is 3.24 Å². The van der Waals surface area contributed by atoms with Crippen LogP contribution in [0.3, 0.4) is 0 Å². The first-order chi connectivity index (χ1) is 1.73. The van der Waals surface area contributed by atoms with Crippen molar-refractivity contribution in [1.29, 1.82) is 0 Å². The van der Waals surface area contributed by atoms with Gasteiger partial charge in [0.1, 0.15) is 0 Å². The first-order valence-corrected chi connectivity index (χ1v) is 2.46. The molecule has 1 nitrogen and oxygen atoms in total. The molecule has 0 amide bonds. The summed E-state index contributed by atoms with van der Waals surface area (Å²) >= 11 is 5.18. The maximum Gasteiger partial charge on any atom is 0.0318 e. The van der Waals surface area contributed by atoms with Gasteiger partial charge in [-0.25, -0.2) is 0 Å². The fraction of sp³-hybridized carbons (Fsp3) is 1.00. The van der Waals surface area contributed by atoms with Gasteiger partial charge in [-0.1, -0.05) is 0 Å². The molecule has 26 valence electrons. The molecule has 3 heteroatoms. The third-order valence-electron chi connectivity index (χ3n) is 0. The molecule has 0 aromatic rings. The molecule has 0 radical (unpaired) electrons. The Labute approximate surface area is 48.2 Å². The second-order valence-corrected chi connectivity index (χ2v) is 4.24. The van der Waals surface area contributed by atoms with E-state index in [0.717, 1.165) is 0 Å². The van der Waals surface area contributed by atoms with Crippen molar-refractivity contribution in [3.05, 3.63) is 0 Å². The van der Waals surface area contributed by atoms with Gasteiger partial charge in [0.2, 0.25) is 0 Å². The lowest BCUT2D eigenvalue weighted by Gasteiger charge is -1.82. The van der Waals surface area contributed by atoms with Gasteiger partial charge in [-0.05, 0) is 0 Å². The Hall–Kier alpha value is 1.17. The molecule has 0 unspecified atom stereocenters. The predicted molar refractivity (Wildman–Crippen MR) is 30.7 cm³/mol. The van der Waals surface area contributed by atoms with Gasteiger partial charge in [-0.3, -0.25) is 0 Å². The standard InChI is InChI=1S/CH3BrIN/c1-4(2)3/h1H3. The number of hydrogen-bond acceptors (Lipinski definition) is 1. The van der Waals surface area contributed by atoms with E-state index in [1.54, 1.807) is 2.14 Å². The summed E-state index contributed by atoms with van der Waals surface area (Å²) in [6.45, 7) is 0. The van der Waals surface area contributed by atoms with Gasteiger partial charge in [-0.2, -0.15) is 2.14 Å². The first kappa shape index (κ1) is 5.17. The van der Waals surface area contributed by atoms with Gasteiger partial charge in [0, 0.05) is 46.1 Å². The molecule has 0 heterocycles. The van der Waals surface area contributed by atoms with Crippen LogP contribution in [0.2, 0.25) is 0 Å².